The normalized spacial score (nSPS) is 16.2. The van der Waals surface area contributed by atoms with Gasteiger partial charge in [0.05, 0.1) is 24.8 Å². The summed E-state index contributed by atoms with van der Waals surface area (Å²) in [6.45, 7) is 5.14. The maximum absolute atomic E-state index is 12.9. The van der Waals surface area contributed by atoms with Gasteiger partial charge in [-0.15, -0.1) is 0 Å². The van der Waals surface area contributed by atoms with Crippen LogP contribution in [0.15, 0.2) is 51.7 Å². The summed E-state index contributed by atoms with van der Waals surface area (Å²) in [5.74, 6) is 1.37. The number of benzene rings is 1. The molecule has 3 aromatic rings. The number of morpholine rings is 1. The Labute approximate surface area is 162 Å². The molecule has 1 fully saturated rings. The molecular weight excluding hydrogens is 358 g/mol. The predicted octanol–water partition coefficient (Wildman–Crippen LogP) is 2.23. The number of furan rings is 1. The number of hydrogen-bond donors (Lipinski definition) is 2. The highest BCUT2D eigenvalue weighted by molar-refractivity contribution is 6.05. The van der Waals surface area contributed by atoms with Crippen molar-refractivity contribution in [3.63, 3.8) is 0 Å². The first-order chi connectivity index (χ1) is 13.6. The van der Waals surface area contributed by atoms with Gasteiger partial charge >= 0.3 is 0 Å². The number of carbonyl (C=O) groups excluding carboxylic acids is 1. The molecule has 1 aromatic carbocycles. The van der Waals surface area contributed by atoms with Gasteiger partial charge in [-0.2, -0.15) is 0 Å². The molecule has 2 aromatic heterocycles. The van der Waals surface area contributed by atoms with Gasteiger partial charge in [0.25, 0.3) is 5.91 Å². The summed E-state index contributed by atoms with van der Waals surface area (Å²) in [6.07, 6.45) is 0. The van der Waals surface area contributed by atoms with Crippen LogP contribution in [0.3, 0.4) is 0 Å². The highest BCUT2D eigenvalue weighted by Crippen LogP contribution is 2.24. The van der Waals surface area contributed by atoms with Gasteiger partial charge in [0.15, 0.2) is 0 Å². The Morgan fingerprint density at radius 1 is 1.21 bits per heavy atom. The summed E-state index contributed by atoms with van der Waals surface area (Å²) in [5.41, 5.74) is 0.720. The minimum Gasteiger partial charge on any atom is -0.465 e. The van der Waals surface area contributed by atoms with E-state index in [1.807, 2.05) is 37.3 Å². The van der Waals surface area contributed by atoms with Crippen LogP contribution < -0.4 is 10.9 Å². The third kappa shape index (κ3) is 3.85. The van der Waals surface area contributed by atoms with Gasteiger partial charge in [-0.1, -0.05) is 18.2 Å². The van der Waals surface area contributed by atoms with Gasteiger partial charge in [-0.25, -0.2) is 0 Å². The Bertz CT molecular complexity index is 1030. The molecule has 0 spiro atoms. The lowest BCUT2D eigenvalue weighted by molar-refractivity contribution is 0.0117. The summed E-state index contributed by atoms with van der Waals surface area (Å²) in [7, 11) is 0. The lowest BCUT2D eigenvalue weighted by Gasteiger charge is -2.33. The molecule has 0 radical (unpaired) electrons. The molecule has 0 aliphatic carbocycles. The van der Waals surface area contributed by atoms with Gasteiger partial charge in [-0.05, 0) is 25.1 Å². The van der Waals surface area contributed by atoms with E-state index < -0.39 is 0 Å². The summed E-state index contributed by atoms with van der Waals surface area (Å²) in [6, 6.07) is 12.4. The van der Waals surface area contributed by atoms with Crippen molar-refractivity contribution >= 4 is 16.8 Å². The fraction of sp³-hybridized carbons (Fsp3) is 0.333. The van der Waals surface area contributed by atoms with Crippen molar-refractivity contribution in [2.75, 3.05) is 32.8 Å². The molecule has 1 aliphatic heterocycles. The SMILES string of the molecule is Cc1ccc([C@H](CNC(=O)c2cc(=O)[nH]c3ccccc23)N2CCOCC2)o1. The fourth-order valence-corrected chi connectivity index (χ4v) is 3.61. The van der Waals surface area contributed by atoms with Crippen molar-refractivity contribution < 1.29 is 13.9 Å². The first-order valence-electron chi connectivity index (χ1n) is 9.40. The Hall–Kier alpha value is -2.90. The number of ether oxygens (including phenoxy) is 1. The van der Waals surface area contributed by atoms with E-state index in [0.717, 1.165) is 30.0 Å². The number of para-hydroxylation sites is 1. The maximum Gasteiger partial charge on any atom is 0.252 e. The zero-order valence-corrected chi connectivity index (χ0v) is 15.7. The monoisotopic (exact) mass is 381 g/mol. The topological polar surface area (TPSA) is 87.6 Å². The largest absolute Gasteiger partial charge is 0.465 e. The summed E-state index contributed by atoms with van der Waals surface area (Å²) in [4.78, 5) is 29.8. The number of aromatic amines is 1. The maximum atomic E-state index is 12.9. The van der Waals surface area contributed by atoms with Gasteiger partial charge in [0.1, 0.15) is 11.5 Å². The average Bonchev–Trinajstić information content (AvgIpc) is 3.14. The van der Waals surface area contributed by atoms with E-state index in [9.17, 15) is 9.59 Å². The minimum absolute atomic E-state index is 0.0881. The van der Waals surface area contributed by atoms with E-state index in [1.54, 1.807) is 6.07 Å². The van der Waals surface area contributed by atoms with Crippen molar-refractivity contribution in [3.05, 3.63) is 69.9 Å². The van der Waals surface area contributed by atoms with Crippen LogP contribution in [0.5, 0.6) is 0 Å². The summed E-state index contributed by atoms with van der Waals surface area (Å²) in [5, 5.41) is 3.71. The zero-order valence-electron chi connectivity index (χ0n) is 15.7. The number of aryl methyl sites for hydroxylation is 1. The third-order valence-electron chi connectivity index (χ3n) is 5.03. The van der Waals surface area contributed by atoms with Crippen LogP contribution in [0.25, 0.3) is 10.9 Å². The van der Waals surface area contributed by atoms with Crippen molar-refractivity contribution in [1.82, 2.24) is 15.2 Å². The molecule has 1 amide bonds. The minimum atomic E-state index is -0.296. The van der Waals surface area contributed by atoms with Crippen molar-refractivity contribution in [1.29, 1.82) is 0 Å². The molecule has 2 N–H and O–H groups in total. The van der Waals surface area contributed by atoms with Gasteiger partial charge in [0, 0.05) is 36.6 Å². The summed E-state index contributed by atoms with van der Waals surface area (Å²) < 4.78 is 11.3. The average molecular weight is 381 g/mol. The molecule has 4 rings (SSSR count). The summed E-state index contributed by atoms with van der Waals surface area (Å²) >= 11 is 0. The third-order valence-corrected chi connectivity index (χ3v) is 5.03. The number of nitrogens with one attached hydrogen (secondary N) is 2. The molecule has 7 heteroatoms. The molecule has 0 unspecified atom stereocenters. The number of fused-ring (bicyclic) bond motifs is 1. The van der Waals surface area contributed by atoms with Gasteiger partial charge < -0.3 is 19.5 Å². The van der Waals surface area contributed by atoms with Crippen molar-refractivity contribution in [2.24, 2.45) is 0 Å². The lowest BCUT2D eigenvalue weighted by atomic mass is 10.1. The molecule has 1 saturated heterocycles. The van der Waals surface area contributed by atoms with Crippen molar-refractivity contribution in [2.45, 2.75) is 13.0 Å². The molecular formula is C21H23N3O4. The van der Waals surface area contributed by atoms with Gasteiger partial charge in [0.2, 0.25) is 5.56 Å². The second-order valence-corrected chi connectivity index (χ2v) is 6.92. The molecule has 28 heavy (non-hydrogen) atoms. The number of amides is 1. The molecule has 3 heterocycles. The number of hydrogen-bond acceptors (Lipinski definition) is 5. The van der Waals surface area contributed by atoms with Crippen molar-refractivity contribution in [3.8, 4) is 0 Å². The van der Waals surface area contributed by atoms with E-state index in [-0.39, 0.29) is 17.5 Å². The molecule has 0 bridgehead atoms. The first-order valence-corrected chi connectivity index (χ1v) is 9.40. The Morgan fingerprint density at radius 2 is 2.00 bits per heavy atom. The van der Waals surface area contributed by atoms with E-state index >= 15 is 0 Å². The Kier molecular flexibility index (Phi) is 5.27. The van der Waals surface area contributed by atoms with E-state index in [2.05, 4.69) is 15.2 Å². The number of H-pyrrole nitrogens is 1. The highest BCUT2D eigenvalue weighted by Gasteiger charge is 2.26. The molecule has 7 nitrogen and oxygen atoms in total. The molecule has 146 valence electrons. The standard InChI is InChI=1S/C21H23N3O4/c1-14-6-7-19(28-14)18(24-8-10-27-11-9-24)13-22-21(26)16-12-20(25)23-17-5-3-2-4-15(16)17/h2-7,12,18H,8-11,13H2,1H3,(H,22,26)(H,23,25)/t18-/m0/s1. The molecule has 1 atom stereocenters. The van der Waals surface area contributed by atoms with Crippen LogP contribution in [0, 0.1) is 6.92 Å². The Morgan fingerprint density at radius 3 is 2.75 bits per heavy atom. The van der Waals surface area contributed by atoms with Gasteiger partial charge in [-0.3, -0.25) is 14.5 Å². The second kappa shape index (κ2) is 8.00. The van der Waals surface area contributed by atoms with E-state index in [0.29, 0.717) is 30.8 Å². The first kappa shape index (κ1) is 18.5. The van der Waals surface area contributed by atoms with E-state index in [1.165, 1.54) is 6.07 Å². The number of pyridine rings is 1. The number of aromatic nitrogens is 1. The number of rotatable bonds is 5. The molecule has 0 saturated carbocycles. The van der Waals surface area contributed by atoms with Crippen LogP contribution >= 0.6 is 0 Å². The van der Waals surface area contributed by atoms with Crippen LogP contribution in [-0.2, 0) is 4.74 Å². The predicted molar refractivity (Wildman–Crippen MR) is 105 cm³/mol. The van der Waals surface area contributed by atoms with Crippen LogP contribution in [-0.4, -0.2) is 48.6 Å². The lowest BCUT2D eigenvalue weighted by Crippen LogP contribution is -2.43. The van der Waals surface area contributed by atoms with Crippen LogP contribution in [0.2, 0.25) is 0 Å². The second-order valence-electron chi connectivity index (χ2n) is 6.92. The number of nitrogens with zero attached hydrogens (tertiary/aromatic N) is 1. The number of carbonyl (C=O) groups is 1. The molecule has 1 aliphatic rings. The quantitative estimate of drug-likeness (QED) is 0.708. The smallest absolute Gasteiger partial charge is 0.252 e. The van der Waals surface area contributed by atoms with Crippen LogP contribution in [0.4, 0.5) is 0 Å². The Balaban J connectivity index is 1.57. The zero-order chi connectivity index (χ0) is 19.5. The highest BCUT2D eigenvalue weighted by atomic mass is 16.5. The van der Waals surface area contributed by atoms with E-state index in [4.69, 9.17) is 9.15 Å². The van der Waals surface area contributed by atoms with Crippen LogP contribution in [0.1, 0.15) is 27.9 Å². The fourth-order valence-electron chi connectivity index (χ4n) is 3.61.